The lowest BCUT2D eigenvalue weighted by molar-refractivity contribution is -0.159. The Morgan fingerprint density at radius 3 is 0.985 bits per heavy atom. The van der Waals surface area contributed by atoms with Crippen LogP contribution in [0, 0.1) is 41.8 Å². The molecule has 0 atom stereocenters. The first-order chi connectivity index (χ1) is 61.5. The zero-order valence-electron chi connectivity index (χ0n) is 71.8. The first kappa shape index (κ1) is 106. The van der Waals surface area contributed by atoms with Crippen LogP contribution in [0.1, 0.15) is 18.9 Å². The largest absolute Gasteiger partial charge is 0.497 e. The van der Waals surface area contributed by atoms with Gasteiger partial charge in [-0.25, -0.2) is 97.2 Å². The lowest BCUT2D eigenvalue weighted by atomic mass is 10.2. The van der Waals surface area contributed by atoms with Gasteiger partial charge in [0.2, 0.25) is 0 Å². The van der Waals surface area contributed by atoms with Crippen molar-refractivity contribution in [1.82, 2.24) is 51.2 Å². The van der Waals surface area contributed by atoms with Gasteiger partial charge in [0.05, 0.1) is 68.3 Å². The maximum atomic E-state index is 14.1. The van der Waals surface area contributed by atoms with Crippen molar-refractivity contribution in [3.8, 4) is 23.0 Å². The number of thiophene rings is 1. The van der Waals surface area contributed by atoms with Crippen LogP contribution in [0.15, 0.2) is 249 Å². The highest BCUT2D eigenvalue weighted by molar-refractivity contribution is 7.94. The number of nitrogens with zero attached hydrogens (tertiary/aromatic N) is 18. The van der Waals surface area contributed by atoms with Gasteiger partial charge in [0.25, 0.3) is 60.1 Å². The van der Waals surface area contributed by atoms with Crippen LogP contribution in [0.2, 0.25) is 0 Å². The second-order valence-corrected chi connectivity index (χ2v) is 39.2. The molecular weight excluding hydrogens is 1950 g/mol. The molecule has 0 unspecified atom stereocenters. The summed E-state index contributed by atoms with van der Waals surface area (Å²) in [5, 5.41) is 1.75. The number of aryl methyl sites for hydroxylation is 1. The van der Waals surface area contributed by atoms with Gasteiger partial charge in [-0.2, -0.15) is 41.0 Å². The van der Waals surface area contributed by atoms with E-state index in [2.05, 4.69) is 34.7 Å². The molecule has 0 bridgehead atoms. The van der Waals surface area contributed by atoms with Gasteiger partial charge in [-0.05, 0) is 85.1 Å². The predicted octanol–water partition coefficient (Wildman–Crippen LogP) is 2.87. The van der Waals surface area contributed by atoms with Gasteiger partial charge >= 0.3 is 40.2 Å². The molecule has 0 radical (unpaired) electrons. The molecule has 0 saturated carbocycles. The summed E-state index contributed by atoms with van der Waals surface area (Å²) in [5.41, 5.74) is -6.30. The first-order valence-electron chi connectivity index (χ1n) is 36.3. The van der Waals surface area contributed by atoms with Crippen LogP contribution in [0.5, 0.6) is 23.0 Å². The summed E-state index contributed by atoms with van der Waals surface area (Å²) < 4.78 is 285. The molecule has 11 aromatic rings. The quantitative estimate of drug-likeness (QED) is 0.118. The SMILES string of the molecule is CN=c1c(F)cn(S(=O)(=O)C2=C(Cl)CC(Cl)=C2)c(=O)n1C.CN=c1c(F)cn(S(=O)(=O)c2cc(OC)ccc2OC)c(=O)n1C.CN=c1c(F)cn(S(=O)(=O)c2ccc(C)cc2)c(=O)n1C.CN=c1c(F)cn(S(=O)(=O)c2ccc(OC(C)(F)F)cc2)c(=O)n1C.CN=c1c(F)cn(S(=O)(=O)c2ccccc2OC)c(=O)n1C.CN=c1c(F)cn(S(=O)(=O)c2cccs2)c(=O)n1C. The van der Waals surface area contributed by atoms with Crippen molar-refractivity contribution in [3.05, 3.63) is 303 Å². The van der Waals surface area contributed by atoms with Crippen molar-refractivity contribution in [2.45, 2.75) is 50.2 Å². The Balaban J connectivity index is 0.000000217. The summed E-state index contributed by atoms with van der Waals surface area (Å²) in [7, 11) is -6.66. The topological polar surface area (TPSA) is 478 Å². The summed E-state index contributed by atoms with van der Waals surface area (Å²) in [6, 6.07) is 22.6. The summed E-state index contributed by atoms with van der Waals surface area (Å²) in [6.07, 6.45) is 1.30. The van der Waals surface area contributed by atoms with Crippen LogP contribution in [-0.2, 0) is 102 Å². The Kier molecular flexibility index (Phi) is 34.2. The van der Waals surface area contributed by atoms with Crippen LogP contribution in [-0.4, -0.2) is 171 Å². The number of hydrogen-bond acceptors (Lipinski definition) is 29. The van der Waals surface area contributed by atoms with Crippen molar-refractivity contribution < 1.29 is 105 Å². The zero-order valence-corrected chi connectivity index (χ0v) is 79.0. The molecule has 57 heteroatoms. The second kappa shape index (κ2) is 42.5. The van der Waals surface area contributed by atoms with Gasteiger partial charge < -0.3 is 18.9 Å². The van der Waals surface area contributed by atoms with Gasteiger partial charge in [-0.1, -0.05) is 59.1 Å². The third-order valence-electron chi connectivity index (χ3n) is 17.9. The monoisotopic (exact) mass is 2030 g/mol. The molecule has 132 heavy (non-hydrogen) atoms. The zero-order chi connectivity index (χ0) is 99.5. The predicted molar refractivity (Wildman–Crippen MR) is 461 cm³/mol. The number of alkyl halides is 2. The van der Waals surface area contributed by atoms with Crippen molar-refractivity contribution in [2.75, 3.05) is 63.6 Å². The van der Waals surface area contributed by atoms with Crippen molar-refractivity contribution in [3.63, 3.8) is 0 Å². The second-order valence-electron chi connectivity index (χ2n) is 26.3. The fourth-order valence-corrected chi connectivity index (χ4v) is 21.5. The lowest BCUT2D eigenvalue weighted by Crippen LogP contribution is -2.42. The minimum atomic E-state index is -4.44. The van der Waals surface area contributed by atoms with E-state index in [0.717, 1.165) is 74.6 Å². The normalized spacial score (nSPS) is 13.3. The highest BCUT2D eigenvalue weighted by Gasteiger charge is 2.33. The Labute approximate surface area is 757 Å². The standard InChI is InChI=1S/C14H14F3N3O4S.C14H16FN3O5S.C13H14FN3O4S.C13H14FN3O3S.C11H10Cl2FN3O3S.C10H10FN3O3S2/c1-14(16,17)24-9-4-6-10(7-5-9)25(22,23)20-8-11(15)12(18-2)19(3)13(20)21;1-16-13-10(15)8-18(14(19)17(13)2)24(20,21)12-7-9(22-3)5-6-11(12)23-4;1-15-12-9(14)8-17(13(18)16(12)2)22(19,20)11-7-5-4-6-10(11)21-3;1-9-4-6-10(7-5-9)21(19,20)17-8-11(14)12(15-2)16(3)13(17)18;1-15-10-8(14)5-17(11(18)16(10)2)21(19,20)9-4-6(12)3-7(9)13;1-12-9-7(11)6-14(10(15)13(9)2)19(16,17)8-4-3-5-18-8/h4-8H,1-3H3;5-8H,1-4H3;4-8H,1-3H3;4-8H,1-3H3;4-5H,3H2,1-2H3;3-6H,1-2H3. The van der Waals surface area contributed by atoms with E-state index in [-0.39, 0.29) is 104 Å². The van der Waals surface area contributed by atoms with E-state index in [1.165, 1.54) is 167 Å². The van der Waals surface area contributed by atoms with Crippen LogP contribution >= 0.6 is 34.5 Å². The number of halogens is 10. The number of allylic oxidation sites excluding steroid dienone is 3. The van der Waals surface area contributed by atoms with E-state index in [1.54, 1.807) is 30.5 Å². The molecule has 0 aliphatic heterocycles. The summed E-state index contributed by atoms with van der Waals surface area (Å²) in [4.78, 5) is 93.1. The summed E-state index contributed by atoms with van der Waals surface area (Å²) in [6.45, 7) is 2.33. The van der Waals surface area contributed by atoms with Gasteiger partial charge in [-0.3, -0.25) is 57.4 Å². The highest BCUT2D eigenvalue weighted by atomic mass is 35.5. The summed E-state index contributed by atoms with van der Waals surface area (Å²) >= 11 is 12.5. The number of rotatable bonds is 17. The molecule has 1 aliphatic carbocycles. The minimum Gasteiger partial charge on any atom is -0.497 e. The minimum absolute atomic E-state index is 0.00461. The third-order valence-corrected chi connectivity index (χ3v) is 29.9. The molecule has 7 aromatic heterocycles. The molecule has 40 nitrogen and oxygen atoms in total. The highest BCUT2D eigenvalue weighted by Crippen LogP contribution is 2.35. The molecular formula is C75H78Cl2F8N18O22S7. The Bertz CT molecular complexity index is 8060. The van der Waals surface area contributed by atoms with E-state index >= 15 is 0 Å². The Morgan fingerprint density at radius 1 is 0.379 bits per heavy atom. The van der Waals surface area contributed by atoms with E-state index in [9.17, 15) is 114 Å². The average molecular weight is 2030 g/mol. The number of aromatic nitrogens is 12. The number of ether oxygens (including phenoxy) is 4. The number of benzene rings is 4. The molecule has 712 valence electrons. The molecule has 4 aromatic carbocycles. The molecule has 1 aliphatic rings. The average Bonchev–Trinajstić information content (AvgIpc) is 1.16. The Morgan fingerprint density at radius 2 is 0.682 bits per heavy atom. The third kappa shape index (κ3) is 22.4. The van der Waals surface area contributed by atoms with E-state index in [0.29, 0.717) is 60.0 Å². The van der Waals surface area contributed by atoms with Crippen molar-refractivity contribution in [1.29, 1.82) is 0 Å². The van der Waals surface area contributed by atoms with E-state index in [4.69, 9.17) is 37.4 Å². The van der Waals surface area contributed by atoms with Gasteiger partial charge in [-0.15, -0.1) is 11.3 Å². The van der Waals surface area contributed by atoms with Gasteiger partial charge in [0.15, 0.2) is 67.8 Å². The molecule has 0 N–H and O–H groups in total. The van der Waals surface area contributed by atoms with Gasteiger partial charge in [0, 0.05) is 114 Å². The molecule has 0 amide bonds. The van der Waals surface area contributed by atoms with Crippen LogP contribution in [0.4, 0.5) is 35.1 Å². The maximum absolute atomic E-state index is 14.1. The number of para-hydroxylation sites is 1. The fourth-order valence-electron chi connectivity index (χ4n) is 11.4. The molecule has 0 saturated heterocycles. The summed E-state index contributed by atoms with van der Waals surface area (Å²) in [5.74, 6) is -5.60. The maximum Gasteiger partial charge on any atom is 0.394 e. The lowest BCUT2D eigenvalue weighted by Gasteiger charge is -2.14. The van der Waals surface area contributed by atoms with Crippen molar-refractivity contribution in [2.24, 2.45) is 72.2 Å². The van der Waals surface area contributed by atoms with E-state index in [1.807, 2.05) is 0 Å². The number of hydrogen-bond donors (Lipinski definition) is 0. The molecule has 7 heterocycles. The molecule has 0 spiro atoms. The fraction of sp³-hybridized carbons (Fsp3) is 0.253. The van der Waals surface area contributed by atoms with Crippen LogP contribution in [0.25, 0.3) is 0 Å². The first-order valence-corrected chi connectivity index (χ1v) is 46.6. The van der Waals surface area contributed by atoms with Crippen molar-refractivity contribution >= 4 is 94.7 Å². The van der Waals surface area contributed by atoms with Crippen LogP contribution < -0.4 is 86.0 Å². The molecule has 0 fully saturated rings. The smallest absolute Gasteiger partial charge is 0.394 e. The Hall–Kier alpha value is -12.9. The van der Waals surface area contributed by atoms with Crippen LogP contribution in [0.3, 0.4) is 0 Å². The van der Waals surface area contributed by atoms with E-state index < -0.39 is 140 Å². The number of methoxy groups -OCH3 is 3. The van der Waals surface area contributed by atoms with Gasteiger partial charge in [0.1, 0.15) is 41.9 Å². The molecule has 12 rings (SSSR count).